The first-order valence-corrected chi connectivity index (χ1v) is 10.8. The third-order valence-corrected chi connectivity index (χ3v) is 7.64. The summed E-state index contributed by atoms with van der Waals surface area (Å²) >= 11 is 0. The molecule has 2 unspecified atom stereocenters. The highest BCUT2D eigenvalue weighted by molar-refractivity contribution is 7.89. The number of fused-ring (bicyclic) bond motifs is 2. The van der Waals surface area contributed by atoms with Gasteiger partial charge in [-0.25, -0.2) is 18.4 Å². The molecular weight excluding hydrogens is 364 g/mol. The van der Waals surface area contributed by atoms with E-state index in [9.17, 15) is 8.42 Å². The van der Waals surface area contributed by atoms with Gasteiger partial charge in [0.05, 0.1) is 11.5 Å². The zero-order chi connectivity index (χ0) is 18.6. The molecule has 2 aromatic rings. The lowest BCUT2D eigenvalue weighted by molar-refractivity contribution is 0.356. The van der Waals surface area contributed by atoms with Crippen LogP contribution in [-0.4, -0.2) is 55.5 Å². The maximum absolute atomic E-state index is 13.1. The predicted molar refractivity (Wildman–Crippen MR) is 100 cm³/mol. The van der Waals surface area contributed by atoms with Crippen LogP contribution in [-0.2, 0) is 16.4 Å². The fourth-order valence-electron chi connectivity index (χ4n) is 4.37. The largest absolute Gasteiger partial charge is 0.493 e. The fourth-order valence-corrected chi connectivity index (χ4v) is 5.97. The van der Waals surface area contributed by atoms with Gasteiger partial charge in [-0.05, 0) is 48.6 Å². The van der Waals surface area contributed by atoms with E-state index in [2.05, 4.69) is 14.9 Å². The number of sulfonamides is 1. The summed E-state index contributed by atoms with van der Waals surface area (Å²) in [5.41, 5.74) is 1.93. The van der Waals surface area contributed by atoms with Gasteiger partial charge in [0.2, 0.25) is 16.0 Å². The average molecular weight is 386 g/mol. The number of nitrogens with zero attached hydrogens (tertiary/aromatic N) is 4. The van der Waals surface area contributed by atoms with Crippen LogP contribution in [0.1, 0.15) is 11.3 Å². The van der Waals surface area contributed by atoms with Crippen LogP contribution in [0.5, 0.6) is 5.75 Å². The zero-order valence-corrected chi connectivity index (χ0v) is 16.0. The average Bonchev–Trinajstić information content (AvgIpc) is 3.35. The van der Waals surface area contributed by atoms with E-state index in [4.69, 9.17) is 4.74 Å². The topological polar surface area (TPSA) is 75.6 Å². The molecule has 2 saturated heterocycles. The van der Waals surface area contributed by atoms with Crippen molar-refractivity contribution in [3.63, 3.8) is 0 Å². The van der Waals surface area contributed by atoms with Crippen molar-refractivity contribution in [1.29, 1.82) is 0 Å². The van der Waals surface area contributed by atoms with Crippen molar-refractivity contribution in [2.75, 3.05) is 37.7 Å². The molecule has 5 rings (SSSR count). The molecule has 0 saturated carbocycles. The molecule has 3 aliphatic rings. The van der Waals surface area contributed by atoms with Crippen LogP contribution in [0.25, 0.3) is 0 Å². The predicted octanol–water partition coefficient (Wildman–Crippen LogP) is 1.48. The van der Waals surface area contributed by atoms with Crippen molar-refractivity contribution in [2.45, 2.75) is 18.2 Å². The Balaban J connectivity index is 1.32. The van der Waals surface area contributed by atoms with E-state index in [1.54, 1.807) is 28.7 Å². The normalized spacial score (nSPS) is 24.7. The summed E-state index contributed by atoms with van der Waals surface area (Å²) < 4.78 is 33.4. The van der Waals surface area contributed by atoms with Gasteiger partial charge >= 0.3 is 0 Å². The molecule has 27 heavy (non-hydrogen) atoms. The summed E-state index contributed by atoms with van der Waals surface area (Å²) in [6, 6.07) is 7.11. The van der Waals surface area contributed by atoms with E-state index in [0.29, 0.717) is 36.4 Å². The summed E-state index contributed by atoms with van der Waals surface area (Å²) in [5.74, 6) is 2.20. The number of hydrogen-bond donors (Lipinski definition) is 0. The Morgan fingerprint density at radius 2 is 1.89 bits per heavy atom. The zero-order valence-electron chi connectivity index (χ0n) is 15.2. The number of ether oxygens (including phenoxy) is 1. The van der Waals surface area contributed by atoms with Crippen LogP contribution < -0.4 is 9.64 Å². The van der Waals surface area contributed by atoms with E-state index in [1.807, 2.05) is 13.0 Å². The molecular formula is C19H22N4O3S. The highest BCUT2D eigenvalue weighted by Crippen LogP contribution is 2.36. The molecule has 4 heterocycles. The minimum absolute atomic E-state index is 0.321. The number of aromatic nitrogens is 2. The van der Waals surface area contributed by atoms with Gasteiger partial charge < -0.3 is 9.64 Å². The second-order valence-electron chi connectivity index (χ2n) is 7.61. The van der Waals surface area contributed by atoms with Gasteiger partial charge in [-0.15, -0.1) is 0 Å². The monoisotopic (exact) mass is 386 g/mol. The Hall–Kier alpha value is -2.19. The van der Waals surface area contributed by atoms with Gasteiger partial charge in [-0.1, -0.05) is 0 Å². The lowest BCUT2D eigenvalue weighted by Crippen LogP contribution is -2.33. The first-order valence-electron chi connectivity index (χ1n) is 9.31. The Kier molecular flexibility index (Phi) is 3.87. The van der Waals surface area contributed by atoms with E-state index in [0.717, 1.165) is 42.5 Å². The van der Waals surface area contributed by atoms with Crippen LogP contribution >= 0.6 is 0 Å². The summed E-state index contributed by atoms with van der Waals surface area (Å²) in [5, 5.41) is 0. The van der Waals surface area contributed by atoms with Crippen LogP contribution in [0, 0.1) is 18.8 Å². The van der Waals surface area contributed by atoms with Crippen molar-refractivity contribution < 1.29 is 13.2 Å². The van der Waals surface area contributed by atoms with Gasteiger partial charge in [0.15, 0.2) is 0 Å². The molecule has 3 aliphatic heterocycles. The van der Waals surface area contributed by atoms with Gasteiger partial charge in [0.1, 0.15) is 5.75 Å². The second-order valence-corrected chi connectivity index (χ2v) is 9.55. The minimum atomic E-state index is -3.46. The fraction of sp³-hybridized carbons (Fsp3) is 0.474. The van der Waals surface area contributed by atoms with Crippen LogP contribution in [0.15, 0.2) is 35.4 Å². The van der Waals surface area contributed by atoms with Gasteiger partial charge in [0.25, 0.3) is 0 Å². The van der Waals surface area contributed by atoms with Crippen LogP contribution in [0.2, 0.25) is 0 Å². The molecule has 7 nitrogen and oxygen atoms in total. The highest BCUT2D eigenvalue weighted by atomic mass is 32.2. The van der Waals surface area contributed by atoms with Crippen LogP contribution in [0.3, 0.4) is 0 Å². The summed E-state index contributed by atoms with van der Waals surface area (Å²) in [6.07, 6.45) is 2.55. The Labute approximate surface area is 159 Å². The van der Waals surface area contributed by atoms with Crippen molar-refractivity contribution in [3.8, 4) is 5.75 Å². The van der Waals surface area contributed by atoms with E-state index < -0.39 is 10.0 Å². The summed E-state index contributed by atoms with van der Waals surface area (Å²) in [7, 11) is -3.46. The number of aryl methyl sites for hydroxylation is 1. The highest BCUT2D eigenvalue weighted by Gasteiger charge is 2.45. The van der Waals surface area contributed by atoms with Gasteiger partial charge in [-0.2, -0.15) is 4.31 Å². The smallest absolute Gasteiger partial charge is 0.243 e. The third-order valence-electron chi connectivity index (χ3n) is 5.82. The second kappa shape index (κ2) is 6.17. The number of hydrogen-bond acceptors (Lipinski definition) is 6. The molecule has 0 aliphatic carbocycles. The SMILES string of the molecule is Cc1ccnc(N2CC3CN(S(=O)(=O)c4ccc5c(c4)CCO5)CC3C2)n1. The van der Waals surface area contributed by atoms with Crippen molar-refractivity contribution in [1.82, 2.24) is 14.3 Å². The van der Waals surface area contributed by atoms with E-state index >= 15 is 0 Å². The first kappa shape index (κ1) is 16.9. The van der Waals surface area contributed by atoms with Gasteiger partial charge in [-0.3, -0.25) is 0 Å². The third kappa shape index (κ3) is 2.87. The number of benzene rings is 1. The lowest BCUT2D eigenvalue weighted by atomic mass is 10.0. The summed E-state index contributed by atoms with van der Waals surface area (Å²) in [6.45, 7) is 5.31. The molecule has 0 amide bonds. The summed E-state index contributed by atoms with van der Waals surface area (Å²) in [4.78, 5) is 11.4. The van der Waals surface area contributed by atoms with Crippen molar-refractivity contribution >= 4 is 16.0 Å². The number of anilines is 1. The minimum Gasteiger partial charge on any atom is -0.493 e. The molecule has 0 radical (unpaired) electrons. The Morgan fingerprint density at radius 1 is 1.11 bits per heavy atom. The van der Waals surface area contributed by atoms with E-state index in [1.165, 1.54) is 0 Å². The van der Waals surface area contributed by atoms with Crippen molar-refractivity contribution in [2.24, 2.45) is 11.8 Å². The molecule has 142 valence electrons. The molecule has 2 atom stereocenters. The molecule has 8 heteroatoms. The molecule has 1 aromatic carbocycles. The number of rotatable bonds is 3. The molecule has 0 N–H and O–H groups in total. The maximum Gasteiger partial charge on any atom is 0.243 e. The molecule has 0 spiro atoms. The Bertz CT molecular complexity index is 980. The maximum atomic E-state index is 13.1. The molecule has 1 aromatic heterocycles. The first-order chi connectivity index (χ1) is 13.0. The quantitative estimate of drug-likeness (QED) is 0.795. The van der Waals surface area contributed by atoms with Gasteiger partial charge in [0, 0.05) is 44.5 Å². The lowest BCUT2D eigenvalue weighted by Gasteiger charge is -2.21. The van der Waals surface area contributed by atoms with Crippen LogP contribution in [0.4, 0.5) is 5.95 Å². The standard InChI is InChI=1S/C19H22N4O3S/c1-13-4-6-20-19(21-13)22-9-15-11-23(12-16(15)10-22)27(24,25)17-2-3-18-14(8-17)5-7-26-18/h2-4,6,8,15-16H,5,7,9-12H2,1H3. The molecule has 2 fully saturated rings. The van der Waals surface area contributed by atoms with Crippen molar-refractivity contribution in [3.05, 3.63) is 41.7 Å². The van der Waals surface area contributed by atoms with E-state index in [-0.39, 0.29) is 0 Å². The molecule has 0 bridgehead atoms. The Morgan fingerprint density at radius 3 is 2.63 bits per heavy atom.